The molecule has 0 aliphatic carbocycles. The molecule has 0 saturated carbocycles. The maximum atomic E-state index is 12.8. The van der Waals surface area contributed by atoms with Crippen LogP contribution < -0.4 is 0 Å². The normalized spacial score (nSPS) is 17.8. The fourth-order valence-electron chi connectivity index (χ4n) is 2.61. The Hall–Kier alpha value is -1.49. The molecule has 3 rings (SSSR count). The van der Waals surface area contributed by atoms with Gasteiger partial charge in [0.15, 0.2) is 5.69 Å². The Bertz CT molecular complexity index is 661. The highest BCUT2D eigenvalue weighted by Crippen LogP contribution is 2.38. The highest BCUT2D eigenvalue weighted by atomic mass is 35.5. The lowest BCUT2D eigenvalue weighted by atomic mass is 9.91. The van der Waals surface area contributed by atoms with Crippen LogP contribution in [-0.2, 0) is 18.6 Å². The minimum Gasteiger partial charge on any atom is -0.330 e. The zero-order valence-electron chi connectivity index (χ0n) is 10.7. The van der Waals surface area contributed by atoms with Gasteiger partial charge >= 0.3 is 6.18 Å². The molecule has 1 aromatic heterocycles. The Morgan fingerprint density at radius 3 is 2.80 bits per heavy atom. The summed E-state index contributed by atoms with van der Waals surface area (Å²) in [4.78, 5) is 3.76. The fourth-order valence-corrected chi connectivity index (χ4v) is 2.77. The lowest BCUT2D eigenvalue weighted by Gasteiger charge is -2.24. The molecule has 20 heavy (non-hydrogen) atoms. The maximum absolute atomic E-state index is 12.8. The van der Waals surface area contributed by atoms with Gasteiger partial charge in [-0.05, 0) is 17.0 Å². The number of nitrogens with zero attached hydrogens (tertiary/aromatic N) is 2. The monoisotopic (exact) mass is 300 g/mol. The molecule has 1 aliphatic heterocycles. The summed E-state index contributed by atoms with van der Waals surface area (Å²) in [6.07, 6.45) is -3.33. The van der Waals surface area contributed by atoms with Gasteiger partial charge in [-0.25, -0.2) is 4.98 Å². The number of halogens is 4. The number of rotatable bonds is 1. The van der Waals surface area contributed by atoms with Gasteiger partial charge in [-0.3, -0.25) is 0 Å². The van der Waals surface area contributed by atoms with Gasteiger partial charge in [-0.1, -0.05) is 25.1 Å². The lowest BCUT2D eigenvalue weighted by Crippen LogP contribution is -2.14. The van der Waals surface area contributed by atoms with Crippen molar-refractivity contribution in [2.75, 3.05) is 0 Å². The summed E-state index contributed by atoms with van der Waals surface area (Å²) < 4.78 is 39.9. The zero-order chi connectivity index (χ0) is 14.5. The quantitative estimate of drug-likeness (QED) is 0.713. The van der Waals surface area contributed by atoms with Gasteiger partial charge in [0.1, 0.15) is 5.82 Å². The summed E-state index contributed by atoms with van der Waals surface area (Å²) >= 11 is 5.81. The van der Waals surface area contributed by atoms with E-state index in [4.69, 9.17) is 11.6 Å². The fraction of sp³-hybridized carbons (Fsp3) is 0.357. The van der Waals surface area contributed by atoms with Crippen molar-refractivity contribution in [1.82, 2.24) is 9.55 Å². The molecule has 6 heteroatoms. The van der Waals surface area contributed by atoms with Gasteiger partial charge in [0.05, 0.1) is 0 Å². The average molecular weight is 301 g/mol. The van der Waals surface area contributed by atoms with Crippen molar-refractivity contribution < 1.29 is 13.2 Å². The summed E-state index contributed by atoms with van der Waals surface area (Å²) in [5, 5.41) is 0. The van der Waals surface area contributed by atoms with E-state index in [1.165, 1.54) is 0 Å². The smallest absolute Gasteiger partial charge is 0.330 e. The zero-order valence-corrected chi connectivity index (χ0v) is 11.5. The van der Waals surface area contributed by atoms with E-state index in [0.717, 1.165) is 22.9 Å². The Kier molecular flexibility index (Phi) is 3.05. The maximum Gasteiger partial charge on any atom is 0.434 e. The lowest BCUT2D eigenvalue weighted by molar-refractivity contribution is -0.140. The van der Waals surface area contributed by atoms with E-state index in [0.29, 0.717) is 18.2 Å². The average Bonchev–Trinajstić information content (AvgIpc) is 2.82. The van der Waals surface area contributed by atoms with Crippen LogP contribution in [-0.4, -0.2) is 9.55 Å². The first kappa shape index (κ1) is 13.5. The predicted molar refractivity (Wildman–Crippen MR) is 70.6 cm³/mol. The van der Waals surface area contributed by atoms with Crippen LogP contribution in [0.2, 0.25) is 0 Å². The molecule has 0 saturated heterocycles. The van der Waals surface area contributed by atoms with Crippen molar-refractivity contribution in [2.45, 2.75) is 31.4 Å². The second-order valence-corrected chi connectivity index (χ2v) is 5.32. The van der Waals surface area contributed by atoms with Crippen molar-refractivity contribution in [1.29, 1.82) is 0 Å². The van der Waals surface area contributed by atoms with Crippen molar-refractivity contribution in [2.24, 2.45) is 0 Å². The molecule has 2 nitrogen and oxygen atoms in total. The third-order valence-corrected chi connectivity index (χ3v) is 3.89. The minimum atomic E-state index is -4.41. The van der Waals surface area contributed by atoms with Crippen molar-refractivity contribution in [3.63, 3.8) is 0 Å². The molecule has 0 bridgehead atoms. The second kappa shape index (κ2) is 4.52. The third-order valence-electron chi connectivity index (χ3n) is 3.58. The third kappa shape index (κ3) is 2.10. The highest BCUT2D eigenvalue weighted by molar-refractivity contribution is 6.17. The van der Waals surface area contributed by atoms with Crippen LogP contribution in [0.25, 0.3) is 11.4 Å². The van der Waals surface area contributed by atoms with Gasteiger partial charge in [0, 0.05) is 24.2 Å². The molecule has 0 amide bonds. The molecule has 1 aliphatic rings. The van der Waals surface area contributed by atoms with Crippen molar-refractivity contribution in [3.05, 3.63) is 41.2 Å². The number of aromatic nitrogens is 2. The molecule has 2 aromatic rings. The highest BCUT2D eigenvalue weighted by Gasteiger charge is 2.36. The number of alkyl halides is 4. The van der Waals surface area contributed by atoms with E-state index in [9.17, 15) is 13.2 Å². The van der Waals surface area contributed by atoms with E-state index in [-0.39, 0.29) is 5.92 Å². The molecule has 0 fully saturated rings. The summed E-state index contributed by atoms with van der Waals surface area (Å²) in [6, 6.07) is 5.59. The van der Waals surface area contributed by atoms with Crippen LogP contribution in [0.15, 0.2) is 24.4 Å². The molecule has 0 N–H and O–H groups in total. The first-order valence-corrected chi connectivity index (χ1v) is 6.77. The van der Waals surface area contributed by atoms with Crippen LogP contribution in [0.1, 0.15) is 29.7 Å². The van der Waals surface area contributed by atoms with Crippen LogP contribution >= 0.6 is 11.6 Å². The summed E-state index contributed by atoms with van der Waals surface area (Å²) in [5.41, 5.74) is 1.89. The number of benzene rings is 1. The largest absolute Gasteiger partial charge is 0.434 e. The molecule has 0 radical (unpaired) electrons. The Morgan fingerprint density at radius 2 is 2.15 bits per heavy atom. The van der Waals surface area contributed by atoms with Gasteiger partial charge < -0.3 is 4.57 Å². The van der Waals surface area contributed by atoms with Gasteiger partial charge in [0.25, 0.3) is 0 Å². The Morgan fingerprint density at radius 1 is 1.40 bits per heavy atom. The Balaban J connectivity index is 2.16. The molecule has 2 heterocycles. The number of hydrogen-bond acceptors (Lipinski definition) is 1. The van der Waals surface area contributed by atoms with Gasteiger partial charge in [0.2, 0.25) is 0 Å². The second-order valence-electron chi connectivity index (χ2n) is 5.06. The molecule has 0 spiro atoms. The molecular weight excluding hydrogens is 289 g/mol. The van der Waals surface area contributed by atoms with Gasteiger partial charge in [-0.15, -0.1) is 11.6 Å². The van der Waals surface area contributed by atoms with E-state index < -0.39 is 11.9 Å². The van der Waals surface area contributed by atoms with Crippen molar-refractivity contribution >= 4 is 11.6 Å². The summed E-state index contributed by atoms with van der Waals surface area (Å²) in [7, 11) is 0. The number of hydrogen-bond donors (Lipinski definition) is 0. The first-order valence-electron chi connectivity index (χ1n) is 6.23. The minimum absolute atomic E-state index is 0.135. The van der Waals surface area contributed by atoms with Crippen LogP contribution in [0, 0.1) is 0 Å². The van der Waals surface area contributed by atoms with Crippen LogP contribution in [0.4, 0.5) is 13.2 Å². The topological polar surface area (TPSA) is 17.8 Å². The SMILES string of the molecule is CC1Cn2cc(C(F)(F)F)nc2-c2ccc(CCl)cc21. The van der Waals surface area contributed by atoms with Crippen LogP contribution in [0.5, 0.6) is 0 Å². The van der Waals surface area contributed by atoms with E-state index in [1.54, 1.807) is 4.57 Å². The molecule has 1 unspecified atom stereocenters. The van der Waals surface area contributed by atoms with Crippen molar-refractivity contribution in [3.8, 4) is 11.4 Å². The first-order chi connectivity index (χ1) is 9.40. The predicted octanol–water partition coefficient (Wildman–Crippen LogP) is 4.42. The van der Waals surface area contributed by atoms with E-state index in [1.807, 2.05) is 25.1 Å². The van der Waals surface area contributed by atoms with E-state index in [2.05, 4.69) is 4.98 Å². The molecule has 106 valence electrons. The summed E-state index contributed by atoms with van der Waals surface area (Å²) in [5.74, 6) is 0.907. The Labute approximate surface area is 119 Å². The van der Waals surface area contributed by atoms with E-state index >= 15 is 0 Å². The van der Waals surface area contributed by atoms with Gasteiger partial charge in [-0.2, -0.15) is 13.2 Å². The molecular formula is C14H12ClF3N2. The number of fused-ring (bicyclic) bond motifs is 3. The molecule has 1 atom stereocenters. The summed E-state index contributed by atoms with van der Waals surface area (Å²) in [6.45, 7) is 2.49. The number of imidazole rings is 1. The standard InChI is InChI=1S/C14H12ClF3N2/c1-8-6-20-7-12(14(16,17)18)19-13(20)10-3-2-9(5-15)4-11(8)10/h2-4,7-8H,5-6H2,1H3. The molecule has 1 aromatic carbocycles. The van der Waals surface area contributed by atoms with Crippen LogP contribution in [0.3, 0.4) is 0 Å².